The quantitative estimate of drug-likeness (QED) is 0.636. The van der Waals surface area contributed by atoms with Crippen molar-refractivity contribution in [2.45, 2.75) is 39.2 Å². The molecule has 0 aromatic heterocycles. The van der Waals surface area contributed by atoms with Crippen molar-refractivity contribution in [2.24, 2.45) is 5.41 Å². The summed E-state index contributed by atoms with van der Waals surface area (Å²) in [6.07, 6.45) is 2.93. The molecule has 0 N–H and O–H groups in total. The topological polar surface area (TPSA) is 29.5 Å². The molecule has 2 rings (SSSR count). The molecule has 0 saturated carbocycles. The summed E-state index contributed by atoms with van der Waals surface area (Å²) < 4.78 is 5.40. The Bertz CT molecular complexity index is 231. The fraction of sp³-hybridized carbons (Fsp3) is 0.909. The molecule has 0 aromatic rings. The van der Waals surface area contributed by atoms with E-state index in [0.29, 0.717) is 5.41 Å². The number of rotatable bonds is 1. The zero-order valence-corrected chi connectivity index (χ0v) is 9.08. The van der Waals surface area contributed by atoms with Crippen LogP contribution in [0.4, 0.5) is 0 Å². The normalized spacial score (nSPS) is 31.0. The van der Waals surface area contributed by atoms with Crippen LogP contribution >= 0.6 is 0 Å². The van der Waals surface area contributed by atoms with E-state index >= 15 is 0 Å². The van der Waals surface area contributed by atoms with E-state index in [1.165, 1.54) is 0 Å². The summed E-state index contributed by atoms with van der Waals surface area (Å²) in [7, 11) is 0. The Kier molecular flexibility index (Phi) is 2.52. The van der Waals surface area contributed by atoms with E-state index in [1.54, 1.807) is 0 Å². The van der Waals surface area contributed by atoms with Gasteiger partial charge in [0.1, 0.15) is 6.10 Å². The highest BCUT2D eigenvalue weighted by Gasteiger charge is 2.36. The van der Waals surface area contributed by atoms with Crippen molar-refractivity contribution in [3.8, 4) is 0 Å². The molecule has 3 heteroatoms. The van der Waals surface area contributed by atoms with Crippen LogP contribution in [-0.2, 0) is 9.53 Å². The van der Waals surface area contributed by atoms with E-state index in [-0.39, 0.29) is 12.0 Å². The van der Waals surface area contributed by atoms with Gasteiger partial charge in [-0.1, -0.05) is 13.8 Å². The van der Waals surface area contributed by atoms with E-state index < -0.39 is 0 Å². The molecule has 2 saturated heterocycles. The molecule has 14 heavy (non-hydrogen) atoms. The van der Waals surface area contributed by atoms with Gasteiger partial charge in [0, 0.05) is 19.7 Å². The first-order chi connectivity index (χ1) is 6.58. The van der Waals surface area contributed by atoms with Crippen LogP contribution in [0, 0.1) is 5.41 Å². The van der Waals surface area contributed by atoms with Crippen LogP contribution in [0.15, 0.2) is 0 Å². The van der Waals surface area contributed by atoms with Gasteiger partial charge in [0.2, 0.25) is 0 Å². The third-order valence-electron chi connectivity index (χ3n) is 3.19. The summed E-state index contributed by atoms with van der Waals surface area (Å²) >= 11 is 0. The van der Waals surface area contributed by atoms with Gasteiger partial charge in [-0.25, -0.2) is 0 Å². The highest BCUT2D eigenvalue weighted by Crippen LogP contribution is 2.30. The van der Waals surface area contributed by atoms with Gasteiger partial charge in [-0.05, 0) is 24.7 Å². The molecular formula is C11H19NO2. The molecule has 3 nitrogen and oxygen atoms in total. The molecule has 1 atom stereocenters. The number of hydrogen-bond donors (Lipinski definition) is 0. The van der Waals surface area contributed by atoms with Crippen molar-refractivity contribution in [3.05, 3.63) is 0 Å². The molecule has 0 spiro atoms. The molecule has 0 radical (unpaired) electrons. The summed E-state index contributed by atoms with van der Waals surface area (Å²) in [4.78, 5) is 13.9. The Morgan fingerprint density at radius 3 is 2.79 bits per heavy atom. The van der Waals surface area contributed by atoms with Crippen molar-refractivity contribution in [2.75, 3.05) is 19.7 Å². The van der Waals surface area contributed by atoms with Crippen molar-refractivity contribution >= 4 is 5.91 Å². The number of hydrogen-bond acceptors (Lipinski definition) is 2. The molecular weight excluding hydrogens is 178 g/mol. The van der Waals surface area contributed by atoms with E-state index in [9.17, 15) is 4.79 Å². The second-order valence-electron chi connectivity index (χ2n) is 5.18. The number of likely N-dealkylation sites (tertiary alicyclic amines) is 1. The smallest absolute Gasteiger partial charge is 0.251 e. The number of ether oxygens (including phenoxy) is 1. The van der Waals surface area contributed by atoms with Gasteiger partial charge >= 0.3 is 0 Å². The first-order valence-corrected chi connectivity index (χ1v) is 5.49. The fourth-order valence-electron chi connectivity index (χ4n) is 2.28. The lowest BCUT2D eigenvalue weighted by Crippen LogP contribution is -2.38. The first-order valence-electron chi connectivity index (χ1n) is 5.49. The van der Waals surface area contributed by atoms with E-state index in [0.717, 1.165) is 39.0 Å². The average molecular weight is 197 g/mol. The van der Waals surface area contributed by atoms with E-state index in [2.05, 4.69) is 13.8 Å². The summed E-state index contributed by atoms with van der Waals surface area (Å²) in [6, 6.07) is 0. The molecule has 0 bridgehead atoms. The SMILES string of the molecule is CC1(C)CCN(C(=O)[C@H]2CCCO2)C1. The van der Waals surface area contributed by atoms with Crippen LogP contribution in [0.3, 0.4) is 0 Å². The summed E-state index contributed by atoms with van der Waals surface area (Å²) in [5, 5.41) is 0. The standard InChI is InChI=1S/C11H19NO2/c1-11(2)5-6-12(8-11)10(13)9-4-3-7-14-9/h9H,3-8H2,1-2H3/t9-/m1/s1. The molecule has 2 fully saturated rings. The maximum atomic E-state index is 11.9. The highest BCUT2D eigenvalue weighted by atomic mass is 16.5. The second kappa shape index (κ2) is 3.54. The highest BCUT2D eigenvalue weighted by molar-refractivity contribution is 5.81. The van der Waals surface area contributed by atoms with Gasteiger partial charge in [0.05, 0.1) is 0 Å². The monoisotopic (exact) mass is 197 g/mol. The number of amides is 1. The van der Waals surface area contributed by atoms with Gasteiger partial charge in [0.15, 0.2) is 0 Å². The summed E-state index contributed by atoms with van der Waals surface area (Å²) in [5.74, 6) is 0.216. The maximum Gasteiger partial charge on any atom is 0.251 e. The summed E-state index contributed by atoms with van der Waals surface area (Å²) in [6.45, 7) is 7.00. The average Bonchev–Trinajstić information content (AvgIpc) is 2.72. The zero-order valence-electron chi connectivity index (χ0n) is 9.08. The lowest BCUT2D eigenvalue weighted by Gasteiger charge is -2.22. The minimum atomic E-state index is -0.135. The number of nitrogens with zero attached hydrogens (tertiary/aromatic N) is 1. The fourth-order valence-corrected chi connectivity index (χ4v) is 2.28. The second-order valence-corrected chi connectivity index (χ2v) is 5.18. The van der Waals surface area contributed by atoms with Gasteiger partial charge in [-0.2, -0.15) is 0 Å². The predicted octanol–water partition coefficient (Wildman–Crippen LogP) is 1.42. The first kappa shape index (κ1) is 9.97. The Morgan fingerprint density at radius 2 is 2.29 bits per heavy atom. The Morgan fingerprint density at radius 1 is 1.50 bits per heavy atom. The minimum absolute atomic E-state index is 0.135. The molecule has 80 valence electrons. The van der Waals surface area contributed by atoms with Gasteiger partial charge in [-0.3, -0.25) is 4.79 Å². The van der Waals surface area contributed by atoms with Crippen LogP contribution in [0.5, 0.6) is 0 Å². The third kappa shape index (κ3) is 1.92. The van der Waals surface area contributed by atoms with Crippen molar-refractivity contribution in [3.63, 3.8) is 0 Å². The van der Waals surface area contributed by atoms with E-state index in [4.69, 9.17) is 4.74 Å². The number of carbonyl (C=O) groups excluding carboxylic acids is 1. The van der Waals surface area contributed by atoms with Gasteiger partial charge < -0.3 is 9.64 Å². The van der Waals surface area contributed by atoms with Crippen molar-refractivity contribution in [1.82, 2.24) is 4.90 Å². The van der Waals surface area contributed by atoms with Crippen LogP contribution in [-0.4, -0.2) is 36.6 Å². The lowest BCUT2D eigenvalue weighted by molar-refractivity contribution is -0.140. The summed E-state index contributed by atoms with van der Waals surface area (Å²) in [5.41, 5.74) is 0.300. The van der Waals surface area contributed by atoms with Crippen LogP contribution in [0.25, 0.3) is 0 Å². The Labute approximate surface area is 85.4 Å². The van der Waals surface area contributed by atoms with Crippen molar-refractivity contribution in [1.29, 1.82) is 0 Å². The molecule has 2 heterocycles. The van der Waals surface area contributed by atoms with Crippen LogP contribution in [0.2, 0.25) is 0 Å². The Hall–Kier alpha value is -0.570. The van der Waals surface area contributed by atoms with E-state index in [1.807, 2.05) is 4.90 Å². The van der Waals surface area contributed by atoms with Gasteiger partial charge in [-0.15, -0.1) is 0 Å². The van der Waals surface area contributed by atoms with Crippen molar-refractivity contribution < 1.29 is 9.53 Å². The minimum Gasteiger partial charge on any atom is -0.368 e. The number of carbonyl (C=O) groups is 1. The molecule has 2 aliphatic heterocycles. The lowest BCUT2D eigenvalue weighted by atomic mass is 9.93. The third-order valence-corrected chi connectivity index (χ3v) is 3.19. The Balaban J connectivity index is 1.92. The largest absolute Gasteiger partial charge is 0.368 e. The van der Waals surface area contributed by atoms with Crippen LogP contribution < -0.4 is 0 Å². The zero-order chi connectivity index (χ0) is 10.2. The molecule has 0 unspecified atom stereocenters. The molecule has 2 aliphatic rings. The molecule has 0 aliphatic carbocycles. The molecule has 1 amide bonds. The predicted molar refractivity (Wildman–Crippen MR) is 54.0 cm³/mol. The van der Waals surface area contributed by atoms with Crippen LogP contribution in [0.1, 0.15) is 33.1 Å². The molecule has 0 aromatic carbocycles. The van der Waals surface area contributed by atoms with Gasteiger partial charge in [0.25, 0.3) is 5.91 Å². The maximum absolute atomic E-state index is 11.9.